The monoisotopic (exact) mass is 363 g/mol. The summed E-state index contributed by atoms with van der Waals surface area (Å²) in [6, 6.07) is 8.50. The van der Waals surface area contributed by atoms with Gasteiger partial charge in [-0.2, -0.15) is 0 Å². The van der Waals surface area contributed by atoms with Crippen molar-refractivity contribution in [2.75, 3.05) is 27.2 Å². The van der Waals surface area contributed by atoms with Gasteiger partial charge in [-0.3, -0.25) is 9.88 Å². The zero-order valence-electron chi connectivity index (χ0n) is 14.2. The van der Waals surface area contributed by atoms with Gasteiger partial charge < -0.3 is 4.90 Å². The highest BCUT2D eigenvalue weighted by atomic mass is 35.5. The first-order valence-electron chi connectivity index (χ1n) is 8.31. The zero-order chi connectivity index (χ0) is 17.1. The molecule has 24 heavy (non-hydrogen) atoms. The summed E-state index contributed by atoms with van der Waals surface area (Å²) < 4.78 is 0. The van der Waals surface area contributed by atoms with Crippen LogP contribution in [0, 0.1) is 0 Å². The fourth-order valence-corrected chi connectivity index (χ4v) is 3.71. The third-order valence-corrected chi connectivity index (χ3v) is 5.62. The van der Waals surface area contributed by atoms with Gasteiger partial charge >= 0.3 is 0 Å². The van der Waals surface area contributed by atoms with E-state index in [0.29, 0.717) is 16.1 Å². The first kappa shape index (κ1) is 17.7. The van der Waals surface area contributed by atoms with Crippen LogP contribution in [0.25, 0.3) is 11.1 Å². The summed E-state index contributed by atoms with van der Waals surface area (Å²) in [5, 5.41) is 1.16. The second-order valence-corrected chi connectivity index (χ2v) is 7.42. The molecule has 0 radical (unpaired) electrons. The van der Waals surface area contributed by atoms with Crippen LogP contribution in [-0.2, 0) is 6.54 Å². The van der Waals surface area contributed by atoms with Gasteiger partial charge in [0, 0.05) is 36.1 Å². The lowest BCUT2D eigenvalue weighted by Crippen LogP contribution is -2.41. The smallest absolute Gasteiger partial charge is 0.0671 e. The van der Waals surface area contributed by atoms with Gasteiger partial charge in [-0.1, -0.05) is 35.3 Å². The highest BCUT2D eigenvalue weighted by Gasteiger charge is 2.20. The quantitative estimate of drug-likeness (QED) is 0.792. The number of piperidine rings is 1. The molecule has 0 amide bonds. The minimum absolute atomic E-state index is 0.572. The number of aromatic nitrogens is 1. The summed E-state index contributed by atoms with van der Waals surface area (Å²) in [6.45, 7) is 3.24. The Balaban J connectivity index is 1.75. The molecule has 1 aromatic carbocycles. The van der Waals surface area contributed by atoms with Crippen LogP contribution >= 0.6 is 23.2 Å². The van der Waals surface area contributed by atoms with Crippen LogP contribution < -0.4 is 0 Å². The number of nitrogens with zero attached hydrogens (tertiary/aromatic N) is 3. The summed E-state index contributed by atoms with van der Waals surface area (Å²) in [5.74, 6) is 0. The van der Waals surface area contributed by atoms with Crippen molar-refractivity contribution in [1.29, 1.82) is 0 Å². The van der Waals surface area contributed by atoms with Crippen molar-refractivity contribution in [3.05, 3.63) is 52.3 Å². The standard InChI is InChI=1S/C19H23Cl2N3/c1-23-8-6-16(7-9-23)24(2)13-14-10-15(12-22-11-14)17-4-3-5-18(20)19(17)21/h3-5,10-12,16H,6-9,13H2,1-2H3. The van der Waals surface area contributed by atoms with Gasteiger partial charge in [0.25, 0.3) is 0 Å². The summed E-state index contributed by atoms with van der Waals surface area (Å²) in [7, 11) is 4.40. The van der Waals surface area contributed by atoms with Crippen molar-refractivity contribution in [1.82, 2.24) is 14.8 Å². The van der Waals surface area contributed by atoms with E-state index in [1.54, 1.807) is 6.07 Å². The number of hydrogen-bond donors (Lipinski definition) is 0. The van der Waals surface area contributed by atoms with E-state index < -0.39 is 0 Å². The fraction of sp³-hybridized carbons (Fsp3) is 0.421. The van der Waals surface area contributed by atoms with Crippen LogP contribution in [0.1, 0.15) is 18.4 Å². The van der Waals surface area contributed by atoms with Crippen LogP contribution in [-0.4, -0.2) is 48.0 Å². The van der Waals surface area contributed by atoms with Crippen molar-refractivity contribution >= 4 is 23.2 Å². The summed E-state index contributed by atoms with van der Waals surface area (Å²) in [6.07, 6.45) is 6.23. The molecule has 5 heteroatoms. The molecular formula is C19H23Cl2N3. The van der Waals surface area contributed by atoms with Crippen LogP contribution in [0.5, 0.6) is 0 Å². The molecule has 2 aromatic rings. The summed E-state index contributed by atoms with van der Waals surface area (Å²) in [4.78, 5) is 9.24. The molecule has 1 fully saturated rings. The largest absolute Gasteiger partial charge is 0.306 e. The molecule has 1 aliphatic rings. The molecule has 0 bridgehead atoms. The molecule has 2 heterocycles. The van der Waals surface area contributed by atoms with E-state index in [2.05, 4.69) is 34.9 Å². The Hall–Kier alpha value is -1.13. The minimum Gasteiger partial charge on any atom is -0.306 e. The van der Waals surface area contributed by atoms with Gasteiger partial charge in [0.1, 0.15) is 0 Å². The minimum atomic E-state index is 0.572. The second kappa shape index (κ2) is 7.83. The number of likely N-dealkylation sites (tertiary alicyclic amines) is 1. The predicted octanol–water partition coefficient (Wildman–Crippen LogP) is 4.58. The Labute approximate surface area is 154 Å². The highest BCUT2D eigenvalue weighted by molar-refractivity contribution is 6.43. The average molecular weight is 364 g/mol. The van der Waals surface area contributed by atoms with Gasteiger partial charge in [-0.05, 0) is 57.7 Å². The molecule has 3 rings (SSSR count). The van der Waals surface area contributed by atoms with Gasteiger partial charge in [0.2, 0.25) is 0 Å². The molecule has 1 aromatic heterocycles. The molecule has 0 atom stereocenters. The van der Waals surface area contributed by atoms with E-state index in [1.807, 2.05) is 24.5 Å². The molecule has 0 unspecified atom stereocenters. The SMILES string of the molecule is CN1CCC(N(C)Cc2cncc(-c3cccc(Cl)c3Cl)c2)CC1. The Kier molecular flexibility index (Phi) is 5.77. The maximum atomic E-state index is 6.35. The van der Waals surface area contributed by atoms with Crippen LogP contribution in [0.3, 0.4) is 0 Å². The topological polar surface area (TPSA) is 19.4 Å². The molecule has 0 spiro atoms. The Morgan fingerprint density at radius 1 is 1.21 bits per heavy atom. The first-order valence-corrected chi connectivity index (χ1v) is 9.07. The lowest BCUT2D eigenvalue weighted by Gasteiger charge is -2.35. The summed E-state index contributed by atoms with van der Waals surface area (Å²) in [5.41, 5.74) is 3.14. The molecule has 1 aliphatic heterocycles. The van der Waals surface area contributed by atoms with Crippen LogP contribution in [0.15, 0.2) is 36.7 Å². The van der Waals surface area contributed by atoms with E-state index in [1.165, 1.54) is 31.5 Å². The molecule has 3 nitrogen and oxygen atoms in total. The normalized spacial score (nSPS) is 16.7. The van der Waals surface area contributed by atoms with Gasteiger partial charge in [-0.25, -0.2) is 0 Å². The van der Waals surface area contributed by atoms with Crippen molar-refractivity contribution in [3.8, 4) is 11.1 Å². The van der Waals surface area contributed by atoms with E-state index >= 15 is 0 Å². The van der Waals surface area contributed by atoms with Gasteiger partial charge in [-0.15, -0.1) is 0 Å². The molecule has 1 saturated heterocycles. The highest BCUT2D eigenvalue weighted by Crippen LogP contribution is 2.33. The second-order valence-electron chi connectivity index (χ2n) is 6.63. The maximum Gasteiger partial charge on any atom is 0.0671 e. The van der Waals surface area contributed by atoms with E-state index in [-0.39, 0.29) is 0 Å². The predicted molar refractivity (Wildman–Crippen MR) is 102 cm³/mol. The average Bonchev–Trinajstić information content (AvgIpc) is 2.58. The fourth-order valence-electron chi connectivity index (χ4n) is 3.30. The van der Waals surface area contributed by atoms with Gasteiger partial charge in [0.05, 0.1) is 10.0 Å². The molecular weight excluding hydrogens is 341 g/mol. The number of halogens is 2. The van der Waals surface area contributed by atoms with Crippen LogP contribution in [0.4, 0.5) is 0 Å². The number of pyridine rings is 1. The number of hydrogen-bond acceptors (Lipinski definition) is 3. The lowest BCUT2D eigenvalue weighted by molar-refractivity contribution is 0.139. The molecule has 0 N–H and O–H groups in total. The zero-order valence-corrected chi connectivity index (χ0v) is 15.7. The van der Waals surface area contributed by atoms with Gasteiger partial charge in [0.15, 0.2) is 0 Å². The van der Waals surface area contributed by atoms with Crippen molar-refractivity contribution in [3.63, 3.8) is 0 Å². The number of benzene rings is 1. The first-order chi connectivity index (χ1) is 11.5. The molecule has 128 valence electrons. The van der Waals surface area contributed by atoms with E-state index in [9.17, 15) is 0 Å². The van der Waals surface area contributed by atoms with Crippen molar-refractivity contribution < 1.29 is 0 Å². The molecule has 0 aliphatic carbocycles. The Morgan fingerprint density at radius 3 is 2.71 bits per heavy atom. The third-order valence-electron chi connectivity index (χ3n) is 4.80. The lowest BCUT2D eigenvalue weighted by atomic mass is 10.0. The number of rotatable bonds is 4. The van der Waals surface area contributed by atoms with Crippen LogP contribution in [0.2, 0.25) is 10.0 Å². The third kappa shape index (κ3) is 4.09. The van der Waals surface area contributed by atoms with Crippen molar-refractivity contribution in [2.45, 2.75) is 25.4 Å². The summed E-state index contributed by atoms with van der Waals surface area (Å²) >= 11 is 12.5. The van der Waals surface area contributed by atoms with E-state index in [0.717, 1.165) is 17.7 Å². The maximum absolute atomic E-state index is 6.35. The Bertz CT molecular complexity index is 697. The Morgan fingerprint density at radius 2 is 1.96 bits per heavy atom. The molecule has 0 saturated carbocycles. The van der Waals surface area contributed by atoms with E-state index in [4.69, 9.17) is 23.2 Å². The van der Waals surface area contributed by atoms with Crippen molar-refractivity contribution in [2.24, 2.45) is 0 Å².